The van der Waals surface area contributed by atoms with Crippen molar-refractivity contribution in [1.82, 2.24) is 10.2 Å². The molecule has 28 heavy (non-hydrogen) atoms. The number of hydrogen-bond acceptors (Lipinski definition) is 4. The molecule has 144 valence electrons. The molecular weight excluding hydrogens is 352 g/mol. The summed E-state index contributed by atoms with van der Waals surface area (Å²) >= 11 is 0. The molecule has 1 aliphatic heterocycles. The Bertz CT molecular complexity index is 913. The molecule has 1 fully saturated rings. The Morgan fingerprint density at radius 1 is 1.11 bits per heavy atom. The fraction of sp³-hybridized carbons (Fsp3) is 0.273. The van der Waals surface area contributed by atoms with Gasteiger partial charge in [0.1, 0.15) is 11.4 Å². The number of hydrogen-bond donors (Lipinski definition) is 2. The van der Waals surface area contributed by atoms with Gasteiger partial charge >= 0.3 is 0 Å². The Labute approximate surface area is 164 Å². The second-order valence-corrected chi connectivity index (χ2v) is 6.96. The fourth-order valence-electron chi connectivity index (χ4n) is 3.87. The predicted octanol–water partition coefficient (Wildman–Crippen LogP) is 4.04. The van der Waals surface area contributed by atoms with Crippen molar-refractivity contribution in [2.75, 3.05) is 30.4 Å². The molecule has 6 heteroatoms. The van der Waals surface area contributed by atoms with Crippen molar-refractivity contribution in [1.29, 1.82) is 0 Å². The lowest BCUT2D eigenvalue weighted by Crippen LogP contribution is -2.33. The van der Waals surface area contributed by atoms with E-state index in [1.165, 1.54) is 5.56 Å². The Kier molecular flexibility index (Phi) is 5.28. The van der Waals surface area contributed by atoms with Gasteiger partial charge in [0.15, 0.2) is 5.82 Å². The fourth-order valence-corrected chi connectivity index (χ4v) is 3.87. The number of benzene rings is 2. The number of anilines is 2. The summed E-state index contributed by atoms with van der Waals surface area (Å²) in [4.78, 5) is 13.5. The number of H-pyrrole nitrogens is 1. The third kappa shape index (κ3) is 3.58. The van der Waals surface area contributed by atoms with Gasteiger partial charge < -0.3 is 15.0 Å². The van der Waals surface area contributed by atoms with Crippen LogP contribution in [0.15, 0.2) is 54.6 Å². The number of aromatic amines is 1. The van der Waals surface area contributed by atoms with Gasteiger partial charge in [-0.1, -0.05) is 30.3 Å². The minimum atomic E-state index is 0.569. The van der Waals surface area contributed by atoms with Crippen LogP contribution < -0.4 is 15.0 Å². The van der Waals surface area contributed by atoms with Gasteiger partial charge in [-0.25, -0.2) is 0 Å². The van der Waals surface area contributed by atoms with E-state index in [0.717, 1.165) is 54.4 Å². The molecule has 1 aromatic heterocycles. The van der Waals surface area contributed by atoms with Gasteiger partial charge in [0, 0.05) is 18.7 Å². The van der Waals surface area contributed by atoms with E-state index >= 15 is 0 Å². The molecule has 0 saturated carbocycles. The van der Waals surface area contributed by atoms with Crippen molar-refractivity contribution in [3.05, 3.63) is 60.2 Å². The maximum absolute atomic E-state index is 11.2. The molecule has 4 rings (SSSR count). The number of nitrogens with one attached hydrogen (secondary N) is 2. The number of amides is 1. The van der Waals surface area contributed by atoms with Crippen LogP contribution in [0, 0.1) is 0 Å². The van der Waals surface area contributed by atoms with E-state index in [1.807, 2.05) is 24.3 Å². The Morgan fingerprint density at radius 3 is 2.46 bits per heavy atom. The van der Waals surface area contributed by atoms with Gasteiger partial charge in [0.2, 0.25) is 6.41 Å². The van der Waals surface area contributed by atoms with Crippen LogP contribution in [0.4, 0.5) is 11.5 Å². The number of nitrogens with zero attached hydrogens (tertiary/aromatic N) is 2. The number of aromatic nitrogens is 2. The molecule has 6 nitrogen and oxygen atoms in total. The van der Waals surface area contributed by atoms with Gasteiger partial charge in [-0.2, -0.15) is 5.10 Å². The van der Waals surface area contributed by atoms with E-state index in [9.17, 15) is 4.79 Å². The van der Waals surface area contributed by atoms with Crippen molar-refractivity contribution >= 4 is 17.9 Å². The van der Waals surface area contributed by atoms with Gasteiger partial charge in [0.25, 0.3) is 0 Å². The monoisotopic (exact) mass is 376 g/mol. The molecule has 3 aromatic rings. The molecule has 0 atom stereocenters. The first-order valence-corrected chi connectivity index (χ1v) is 9.53. The maximum atomic E-state index is 11.2. The number of methoxy groups -OCH3 is 1. The first kappa shape index (κ1) is 18.1. The molecule has 1 amide bonds. The summed E-state index contributed by atoms with van der Waals surface area (Å²) in [7, 11) is 1.64. The largest absolute Gasteiger partial charge is 0.497 e. The topological polar surface area (TPSA) is 70.2 Å². The Balaban J connectivity index is 1.55. The number of carbonyl (C=O) groups excluding carboxylic acids is 1. The Morgan fingerprint density at radius 2 is 1.82 bits per heavy atom. The second kappa shape index (κ2) is 8.17. The van der Waals surface area contributed by atoms with Crippen LogP contribution in [-0.4, -0.2) is 36.8 Å². The van der Waals surface area contributed by atoms with Gasteiger partial charge in [-0.15, -0.1) is 0 Å². The highest BCUT2D eigenvalue weighted by molar-refractivity contribution is 5.90. The molecule has 1 saturated heterocycles. The molecule has 0 unspecified atom stereocenters. The van der Waals surface area contributed by atoms with Crippen molar-refractivity contribution < 1.29 is 9.53 Å². The molecule has 0 spiro atoms. The third-order valence-corrected chi connectivity index (χ3v) is 5.39. The lowest BCUT2D eigenvalue weighted by atomic mass is 9.89. The minimum absolute atomic E-state index is 0.569. The first-order valence-electron chi connectivity index (χ1n) is 9.53. The molecule has 0 aliphatic carbocycles. The number of ether oxygens (including phenoxy) is 1. The highest BCUT2D eigenvalue weighted by Crippen LogP contribution is 2.37. The lowest BCUT2D eigenvalue weighted by Gasteiger charge is -2.32. The number of piperidine rings is 1. The third-order valence-electron chi connectivity index (χ3n) is 5.39. The zero-order valence-electron chi connectivity index (χ0n) is 15.9. The first-order chi connectivity index (χ1) is 13.8. The summed E-state index contributed by atoms with van der Waals surface area (Å²) in [5.74, 6) is 2.15. The van der Waals surface area contributed by atoms with E-state index in [1.54, 1.807) is 7.11 Å². The predicted molar refractivity (Wildman–Crippen MR) is 111 cm³/mol. The van der Waals surface area contributed by atoms with E-state index in [0.29, 0.717) is 12.3 Å². The number of rotatable bonds is 6. The van der Waals surface area contributed by atoms with Crippen molar-refractivity contribution in [2.45, 2.75) is 18.8 Å². The van der Waals surface area contributed by atoms with E-state index in [4.69, 9.17) is 4.74 Å². The number of carbonyl (C=O) groups is 1. The molecule has 2 aromatic carbocycles. The molecule has 2 heterocycles. The van der Waals surface area contributed by atoms with Crippen LogP contribution in [0.25, 0.3) is 11.3 Å². The van der Waals surface area contributed by atoms with Crippen molar-refractivity contribution in [3.8, 4) is 17.0 Å². The van der Waals surface area contributed by atoms with Crippen LogP contribution in [0.5, 0.6) is 5.75 Å². The SMILES string of the molecule is COc1ccc(-c2[nH]nc(N3CCC(c4ccccc4)CC3)c2NC=O)cc1. The van der Waals surface area contributed by atoms with Gasteiger partial charge in [-0.3, -0.25) is 9.89 Å². The van der Waals surface area contributed by atoms with Crippen molar-refractivity contribution in [3.63, 3.8) is 0 Å². The summed E-state index contributed by atoms with van der Waals surface area (Å²) in [6.45, 7) is 1.81. The second-order valence-electron chi connectivity index (χ2n) is 6.96. The summed E-state index contributed by atoms with van der Waals surface area (Å²) in [5, 5.41) is 10.5. The quantitative estimate of drug-likeness (QED) is 0.637. The maximum Gasteiger partial charge on any atom is 0.211 e. The van der Waals surface area contributed by atoms with E-state index in [2.05, 4.69) is 50.7 Å². The minimum Gasteiger partial charge on any atom is -0.497 e. The average Bonchev–Trinajstić information content (AvgIpc) is 3.18. The van der Waals surface area contributed by atoms with Crippen LogP contribution >= 0.6 is 0 Å². The zero-order valence-corrected chi connectivity index (χ0v) is 15.9. The van der Waals surface area contributed by atoms with Crippen LogP contribution in [0.1, 0.15) is 24.3 Å². The summed E-state index contributed by atoms with van der Waals surface area (Å²) in [5.41, 5.74) is 3.87. The summed E-state index contributed by atoms with van der Waals surface area (Å²) in [6, 6.07) is 18.4. The molecule has 2 N–H and O–H groups in total. The van der Waals surface area contributed by atoms with Crippen LogP contribution in [-0.2, 0) is 4.79 Å². The molecule has 0 bridgehead atoms. The van der Waals surface area contributed by atoms with Gasteiger partial charge in [0.05, 0.1) is 12.8 Å². The van der Waals surface area contributed by atoms with E-state index in [-0.39, 0.29) is 0 Å². The van der Waals surface area contributed by atoms with Crippen LogP contribution in [0.2, 0.25) is 0 Å². The zero-order chi connectivity index (χ0) is 19.3. The molecule has 1 aliphatic rings. The Hall–Kier alpha value is -3.28. The average molecular weight is 376 g/mol. The highest BCUT2D eigenvalue weighted by Gasteiger charge is 2.25. The van der Waals surface area contributed by atoms with Crippen molar-refractivity contribution in [2.24, 2.45) is 0 Å². The molecule has 0 radical (unpaired) electrons. The van der Waals surface area contributed by atoms with Gasteiger partial charge in [-0.05, 0) is 48.6 Å². The summed E-state index contributed by atoms with van der Waals surface area (Å²) < 4.78 is 5.22. The van der Waals surface area contributed by atoms with Crippen LogP contribution in [0.3, 0.4) is 0 Å². The van der Waals surface area contributed by atoms with E-state index < -0.39 is 0 Å². The normalized spacial score (nSPS) is 14.7. The highest BCUT2D eigenvalue weighted by atomic mass is 16.5. The molecular formula is C22H24N4O2. The summed E-state index contributed by atoms with van der Waals surface area (Å²) in [6.07, 6.45) is 2.84. The lowest BCUT2D eigenvalue weighted by molar-refractivity contribution is -0.105. The smallest absolute Gasteiger partial charge is 0.211 e. The standard InChI is InChI=1S/C22H24N4O2/c1-28-19-9-7-18(8-10-19)20-21(23-15-27)22(25-24-20)26-13-11-17(12-14-26)16-5-3-2-4-6-16/h2-10,15,17H,11-14H2,1H3,(H,23,27)(H,24,25).